The fourth-order valence-electron chi connectivity index (χ4n) is 3.53. The number of nitrogens with one attached hydrogen (secondary N) is 1. The molecule has 2 aromatic carbocycles. The standard InChI is InChI=1S/C26H29ClN4O5/c1-16(2)31-10-7-24(29-31)28-25(33)19-11-20(35-17(3)15-32)14-21(12-19)36-23-6-5-18(13-22(23)27)26(34)30-8-4-9-30/h5-7,10-14,16-17,32H,4,8-9,15H2,1-3H3,(H,28,29,33). The highest BCUT2D eigenvalue weighted by atomic mass is 35.5. The van der Waals surface area contributed by atoms with Crippen molar-refractivity contribution in [2.24, 2.45) is 0 Å². The third-order valence-electron chi connectivity index (χ3n) is 5.67. The lowest BCUT2D eigenvalue weighted by atomic mass is 10.1. The number of aromatic nitrogens is 2. The van der Waals surface area contributed by atoms with Gasteiger partial charge in [0.15, 0.2) is 5.82 Å². The van der Waals surface area contributed by atoms with E-state index in [1.54, 1.807) is 65.2 Å². The first-order valence-corrected chi connectivity index (χ1v) is 12.2. The molecule has 0 bridgehead atoms. The van der Waals surface area contributed by atoms with Crippen LogP contribution in [0.5, 0.6) is 17.2 Å². The SMILES string of the molecule is CC(CO)Oc1cc(Oc2ccc(C(=O)N3CCC3)cc2Cl)cc(C(=O)Nc2ccn(C(C)C)n2)c1. The minimum atomic E-state index is -0.492. The number of aliphatic hydroxyl groups excluding tert-OH is 1. The van der Waals surface area contributed by atoms with Gasteiger partial charge in [-0.1, -0.05) is 11.6 Å². The summed E-state index contributed by atoms with van der Waals surface area (Å²) in [6, 6.07) is 11.4. The molecule has 1 aliphatic heterocycles. The van der Waals surface area contributed by atoms with Gasteiger partial charge in [0, 0.05) is 48.6 Å². The van der Waals surface area contributed by atoms with Gasteiger partial charge in [0.1, 0.15) is 23.4 Å². The van der Waals surface area contributed by atoms with Crippen LogP contribution in [0.3, 0.4) is 0 Å². The zero-order valence-corrected chi connectivity index (χ0v) is 21.2. The zero-order valence-electron chi connectivity index (χ0n) is 20.4. The molecule has 1 unspecified atom stereocenters. The van der Waals surface area contributed by atoms with Crippen molar-refractivity contribution in [2.75, 3.05) is 25.0 Å². The van der Waals surface area contributed by atoms with E-state index in [0.717, 1.165) is 19.5 Å². The van der Waals surface area contributed by atoms with Crippen LogP contribution in [0.4, 0.5) is 5.82 Å². The number of halogens is 1. The monoisotopic (exact) mass is 512 g/mol. The van der Waals surface area contributed by atoms with Crippen molar-refractivity contribution in [1.82, 2.24) is 14.7 Å². The number of amides is 2. The summed E-state index contributed by atoms with van der Waals surface area (Å²) >= 11 is 6.42. The quantitative estimate of drug-likeness (QED) is 0.428. The molecule has 0 saturated carbocycles. The van der Waals surface area contributed by atoms with Crippen molar-refractivity contribution in [3.05, 3.63) is 64.8 Å². The van der Waals surface area contributed by atoms with Crippen molar-refractivity contribution in [1.29, 1.82) is 0 Å². The van der Waals surface area contributed by atoms with Crippen molar-refractivity contribution in [2.45, 2.75) is 39.3 Å². The molecule has 1 atom stereocenters. The second kappa shape index (κ2) is 11.0. The number of aliphatic hydroxyl groups is 1. The Balaban J connectivity index is 1.57. The Morgan fingerprint density at radius 2 is 1.83 bits per heavy atom. The lowest BCUT2D eigenvalue weighted by Crippen LogP contribution is -2.41. The maximum atomic E-state index is 13.0. The van der Waals surface area contributed by atoms with Crippen molar-refractivity contribution >= 4 is 29.2 Å². The average Bonchev–Trinajstić information content (AvgIpc) is 3.28. The van der Waals surface area contributed by atoms with Gasteiger partial charge in [0.25, 0.3) is 11.8 Å². The fourth-order valence-corrected chi connectivity index (χ4v) is 3.74. The molecule has 3 aromatic rings. The van der Waals surface area contributed by atoms with E-state index in [4.69, 9.17) is 21.1 Å². The molecular weight excluding hydrogens is 484 g/mol. The number of hydrogen-bond donors (Lipinski definition) is 2. The molecule has 10 heteroatoms. The molecule has 0 radical (unpaired) electrons. The van der Waals surface area contributed by atoms with Crippen LogP contribution in [-0.4, -0.2) is 57.4 Å². The second-order valence-electron chi connectivity index (χ2n) is 8.93. The zero-order chi connectivity index (χ0) is 25.8. The predicted octanol–water partition coefficient (Wildman–Crippen LogP) is 4.77. The average molecular weight is 513 g/mol. The van der Waals surface area contributed by atoms with Gasteiger partial charge >= 0.3 is 0 Å². The van der Waals surface area contributed by atoms with Crippen LogP contribution in [0.2, 0.25) is 5.02 Å². The van der Waals surface area contributed by atoms with Crippen LogP contribution >= 0.6 is 11.6 Å². The molecule has 190 valence electrons. The van der Waals surface area contributed by atoms with E-state index in [-0.39, 0.29) is 29.1 Å². The first-order chi connectivity index (χ1) is 17.2. The van der Waals surface area contributed by atoms with Gasteiger partial charge in [-0.3, -0.25) is 14.3 Å². The molecule has 36 heavy (non-hydrogen) atoms. The molecule has 4 rings (SSSR count). The van der Waals surface area contributed by atoms with Crippen LogP contribution in [0.15, 0.2) is 48.7 Å². The summed E-state index contributed by atoms with van der Waals surface area (Å²) in [5.74, 6) is 0.911. The molecule has 1 aliphatic rings. The number of carbonyl (C=O) groups excluding carboxylic acids is 2. The lowest BCUT2D eigenvalue weighted by molar-refractivity contribution is 0.0651. The summed E-state index contributed by atoms with van der Waals surface area (Å²) < 4.78 is 13.5. The van der Waals surface area contributed by atoms with Crippen LogP contribution in [0, 0.1) is 0 Å². The molecule has 2 heterocycles. The first kappa shape index (κ1) is 25.5. The molecule has 0 spiro atoms. The van der Waals surface area contributed by atoms with E-state index in [2.05, 4.69) is 10.4 Å². The van der Waals surface area contributed by atoms with Crippen LogP contribution < -0.4 is 14.8 Å². The van der Waals surface area contributed by atoms with E-state index in [0.29, 0.717) is 28.6 Å². The summed E-state index contributed by atoms with van der Waals surface area (Å²) in [6.45, 7) is 6.98. The Hall–Kier alpha value is -3.56. The highest BCUT2D eigenvalue weighted by molar-refractivity contribution is 6.32. The van der Waals surface area contributed by atoms with Crippen molar-refractivity contribution in [3.63, 3.8) is 0 Å². The topological polar surface area (TPSA) is 106 Å². The molecular formula is C26H29ClN4O5. The third-order valence-corrected chi connectivity index (χ3v) is 5.96. The van der Waals surface area contributed by atoms with Crippen LogP contribution in [0.25, 0.3) is 0 Å². The lowest BCUT2D eigenvalue weighted by Gasteiger charge is -2.31. The second-order valence-corrected chi connectivity index (χ2v) is 9.33. The summed E-state index contributed by atoms with van der Waals surface area (Å²) in [5.41, 5.74) is 0.759. The van der Waals surface area contributed by atoms with Gasteiger partial charge < -0.3 is 24.8 Å². The number of anilines is 1. The summed E-state index contributed by atoms with van der Waals surface area (Å²) in [4.78, 5) is 27.2. The maximum Gasteiger partial charge on any atom is 0.257 e. The van der Waals surface area contributed by atoms with Crippen molar-refractivity contribution in [3.8, 4) is 17.2 Å². The minimum absolute atomic E-state index is 0.0676. The number of ether oxygens (including phenoxy) is 2. The fraction of sp³-hybridized carbons (Fsp3) is 0.346. The molecule has 2 amide bonds. The van der Waals surface area contributed by atoms with Crippen LogP contribution in [-0.2, 0) is 0 Å². The first-order valence-electron chi connectivity index (χ1n) is 11.8. The van der Waals surface area contributed by atoms with Gasteiger partial charge in [-0.25, -0.2) is 0 Å². The number of carbonyl (C=O) groups is 2. The van der Waals surface area contributed by atoms with E-state index < -0.39 is 12.0 Å². The third kappa shape index (κ3) is 5.98. The van der Waals surface area contributed by atoms with Gasteiger partial charge in [0.2, 0.25) is 0 Å². The van der Waals surface area contributed by atoms with Gasteiger partial charge in [0.05, 0.1) is 11.6 Å². The number of benzene rings is 2. The van der Waals surface area contributed by atoms with E-state index in [1.165, 1.54) is 0 Å². The molecule has 2 N–H and O–H groups in total. The molecule has 0 aliphatic carbocycles. The van der Waals surface area contributed by atoms with Gasteiger partial charge in [-0.05, 0) is 57.5 Å². The van der Waals surface area contributed by atoms with E-state index >= 15 is 0 Å². The van der Waals surface area contributed by atoms with Gasteiger partial charge in [-0.15, -0.1) is 0 Å². The minimum Gasteiger partial charge on any atom is -0.488 e. The Kier molecular flexibility index (Phi) is 7.81. The number of hydrogen-bond acceptors (Lipinski definition) is 6. The molecule has 9 nitrogen and oxygen atoms in total. The summed E-state index contributed by atoms with van der Waals surface area (Å²) in [5, 5.41) is 16.8. The van der Waals surface area contributed by atoms with E-state index in [1.807, 2.05) is 13.8 Å². The number of likely N-dealkylation sites (tertiary alicyclic amines) is 1. The van der Waals surface area contributed by atoms with Gasteiger partial charge in [-0.2, -0.15) is 5.10 Å². The highest BCUT2D eigenvalue weighted by Crippen LogP contribution is 2.33. The maximum absolute atomic E-state index is 13.0. The summed E-state index contributed by atoms with van der Waals surface area (Å²) in [6.07, 6.45) is 2.30. The van der Waals surface area contributed by atoms with E-state index in [9.17, 15) is 14.7 Å². The van der Waals surface area contributed by atoms with Crippen molar-refractivity contribution < 1.29 is 24.2 Å². The normalized spacial score (nSPS) is 13.8. The molecule has 1 fully saturated rings. The Morgan fingerprint density at radius 3 is 2.44 bits per heavy atom. The highest BCUT2D eigenvalue weighted by Gasteiger charge is 2.22. The molecule has 1 saturated heterocycles. The largest absolute Gasteiger partial charge is 0.488 e. The van der Waals surface area contributed by atoms with Crippen LogP contribution in [0.1, 0.15) is 53.9 Å². The molecule has 1 aromatic heterocycles. The number of nitrogens with zero attached hydrogens (tertiary/aromatic N) is 3. The Morgan fingerprint density at radius 1 is 1.08 bits per heavy atom. The summed E-state index contributed by atoms with van der Waals surface area (Å²) in [7, 11) is 0. The predicted molar refractivity (Wildman–Crippen MR) is 136 cm³/mol. The number of rotatable bonds is 9. The Labute approximate surface area is 214 Å². The Bertz CT molecular complexity index is 1250. The smallest absolute Gasteiger partial charge is 0.257 e.